The van der Waals surface area contributed by atoms with Crippen LogP contribution in [0.4, 0.5) is 11.4 Å². The van der Waals surface area contributed by atoms with Gasteiger partial charge in [-0.05, 0) is 59.0 Å². The molecule has 4 aromatic carbocycles. The topological polar surface area (TPSA) is 50.8 Å². The van der Waals surface area contributed by atoms with Gasteiger partial charge in [0.2, 0.25) is 0 Å². The van der Waals surface area contributed by atoms with E-state index in [9.17, 15) is 10.5 Å². The molecule has 1 aliphatic rings. The van der Waals surface area contributed by atoms with Gasteiger partial charge in [-0.3, -0.25) is 0 Å². The minimum Gasteiger partial charge on any atom is -0.340 e. The zero-order chi connectivity index (χ0) is 26.3. The average molecular weight is 510 g/mol. The number of hydrogen-bond acceptors (Lipinski definition) is 4. The number of allylic oxidation sites excluding steroid dienone is 2. The van der Waals surface area contributed by atoms with Crippen LogP contribution in [0.25, 0.3) is 23.3 Å². The van der Waals surface area contributed by atoms with Crippen LogP contribution in [0.1, 0.15) is 42.0 Å². The summed E-state index contributed by atoms with van der Waals surface area (Å²) in [7, 11) is 0. The lowest BCUT2D eigenvalue weighted by Crippen LogP contribution is -2.22. The molecule has 0 saturated heterocycles. The number of nitriles is 2. The minimum absolute atomic E-state index is 0.639. The van der Waals surface area contributed by atoms with Crippen molar-refractivity contribution in [1.29, 1.82) is 10.5 Å². The Morgan fingerprint density at radius 2 is 1.42 bits per heavy atom. The summed E-state index contributed by atoms with van der Waals surface area (Å²) in [6, 6.07) is 37.1. The summed E-state index contributed by atoms with van der Waals surface area (Å²) in [6.45, 7) is 3.12. The Kier molecular flexibility index (Phi) is 7.74. The van der Waals surface area contributed by atoms with Crippen molar-refractivity contribution in [2.24, 2.45) is 0 Å². The van der Waals surface area contributed by atoms with Gasteiger partial charge in [-0.25, -0.2) is 0 Å². The van der Waals surface area contributed by atoms with Crippen LogP contribution in [0, 0.1) is 22.7 Å². The number of unbranched alkanes of at least 4 members (excludes halogenated alkanes) is 1. The summed E-state index contributed by atoms with van der Waals surface area (Å²) < 4.78 is 0. The van der Waals surface area contributed by atoms with Crippen LogP contribution in [0.15, 0.2) is 107 Å². The largest absolute Gasteiger partial charge is 0.340 e. The normalized spacial score (nSPS) is 12.8. The maximum absolute atomic E-state index is 9.94. The number of hydrogen-bond donors (Lipinski definition) is 0. The third kappa shape index (κ3) is 5.28. The monoisotopic (exact) mass is 509 g/mol. The number of rotatable bonds is 7. The Hall–Kier alpha value is -4.51. The van der Waals surface area contributed by atoms with Gasteiger partial charge in [-0.2, -0.15) is 10.5 Å². The molecule has 4 aromatic rings. The van der Waals surface area contributed by atoms with Crippen molar-refractivity contribution in [3.05, 3.63) is 119 Å². The van der Waals surface area contributed by atoms with Gasteiger partial charge in [0.05, 0.1) is 34.7 Å². The fourth-order valence-corrected chi connectivity index (χ4v) is 5.84. The molecule has 1 aliphatic heterocycles. The van der Waals surface area contributed by atoms with Crippen LogP contribution in [0.5, 0.6) is 0 Å². The Morgan fingerprint density at radius 1 is 0.763 bits per heavy atom. The van der Waals surface area contributed by atoms with E-state index in [1.54, 1.807) is 11.8 Å². The smallest absolute Gasteiger partial charge is 0.0998 e. The molecule has 3 nitrogen and oxygen atoms in total. The maximum atomic E-state index is 9.94. The van der Waals surface area contributed by atoms with Crippen molar-refractivity contribution in [2.45, 2.75) is 29.6 Å². The highest BCUT2D eigenvalue weighted by atomic mass is 32.2. The quantitative estimate of drug-likeness (QED) is 0.184. The molecule has 0 aromatic heterocycles. The van der Waals surface area contributed by atoms with E-state index in [2.05, 4.69) is 60.4 Å². The molecular weight excluding hydrogens is 482 g/mol. The molecule has 5 rings (SSSR count). The minimum atomic E-state index is 0.639. The van der Waals surface area contributed by atoms with E-state index in [1.165, 1.54) is 11.4 Å². The summed E-state index contributed by atoms with van der Waals surface area (Å²) in [5.74, 6) is 0. The first-order valence-electron chi connectivity index (χ1n) is 12.8. The van der Waals surface area contributed by atoms with Gasteiger partial charge < -0.3 is 4.90 Å². The molecule has 0 amide bonds. The van der Waals surface area contributed by atoms with Gasteiger partial charge in [-0.1, -0.05) is 104 Å². The lowest BCUT2D eigenvalue weighted by molar-refractivity contribution is 0.777. The van der Waals surface area contributed by atoms with Gasteiger partial charge in [0.25, 0.3) is 0 Å². The van der Waals surface area contributed by atoms with E-state index in [4.69, 9.17) is 0 Å². The second kappa shape index (κ2) is 11.7. The molecule has 0 fully saturated rings. The molecule has 0 spiro atoms. The molecule has 0 aliphatic carbocycles. The number of benzene rings is 4. The van der Waals surface area contributed by atoms with Crippen LogP contribution >= 0.6 is 11.8 Å². The molecule has 0 radical (unpaired) electrons. The van der Waals surface area contributed by atoms with E-state index in [-0.39, 0.29) is 0 Å². The van der Waals surface area contributed by atoms with E-state index in [0.29, 0.717) is 11.1 Å². The van der Waals surface area contributed by atoms with Gasteiger partial charge in [-0.15, -0.1) is 0 Å². The SMILES string of the molecule is CCCCN1c2ccc(/C=C(\C#N)c3ccccc3)cc2Sc2c(/C=C(\C#N)c3ccccc3)cccc21. The van der Waals surface area contributed by atoms with Gasteiger partial charge in [0.15, 0.2) is 0 Å². The first-order chi connectivity index (χ1) is 18.7. The highest BCUT2D eigenvalue weighted by molar-refractivity contribution is 7.99. The van der Waals surface area contributed by atoms with Crippen molar-refractivity contribution >= 4 is 46.4 Å². The van der Waals surface area contributed by atoms with Gasteiger partial charge >= 0.3 is 0 Å². The second-order valence-electron chi connectivity index (χ2n) is 9.10. The van der Waals surface area contributed by atoms with Crippen molar-refractivity contribution in [1.82, 2.24) is 0 Å². The number of fused-ring (bicyclic) bond motifs is 2. The zero-order valence-electron chi connectivity index (χ0n) is 21.3. The van der Waals surface area contributed by atoms with Gasteiger partial charge in [0, 0.05) is 16.3 Å². The van der Waals surface area contributed by atoms with Crippen molar-refractivity contribution < 1.29 is 0 Å². The third-order valence-electron chi connectivity index (χ3n) is 6.56. The van der Waals surface area contributed by atoms with E-state index < -0.39 is 0 Å². The summed E-state index contributed by atoms with van der Waals surface area (Å²) in [5.41, 5.74) is 7.47. The molecule has 4 heteroatoms. The number of anilines is 2. The first-order valence-corrected chi connectivity index (χ1v) is 13.6. The fraction of sp³-hybridized carbons (Fsp3) is 0.118. The third-order valence-corrected chi connectivity index (χ3v) is 7.75. The molecule has 38 heavy (non-hydrogen) atoms. The first kappa shape index (κ1) is 25.2. The molecule has 0 saturated carbocycles. The Morgan fingerprint density at radius 3 is 2.05 bits per heavy atom. The highest BCUT2D eigenvalue weighted by Crippen LogP contribution is 2.50. The predicted octanol–water partition coefficient (Wildman–Crippen LogP) is 9.22. The van der Waals surface area contributed by atoms with Crippen molar-refractivity contribution in [3.63, 3.8) is 0 Å². The molecular formula is C34H27N3S. The molecule has 0 atom stereocenters. The van der Waals surface area contributed by atoms with Crippen LogP contribution in [0.2, 0.25) is 0 Å². The zero-order valence-corrected chi connectivity index (χ0v) is 22.1. The van der Waals surface area contributed by atoms with Crippen LogP contribution in [-0.4, -0.2) is 6.54 Å². The molecule has 0 unspecified atom stereocenters. The summed E-state index contributed by atoms with van der Waals surface area (Å²) >= 11 is 1.73. The molecule has 0 N–H and O–H groups in total. The van der Waals surface area contributed by atoms with Crippen molar-refractivity contribution in [3.8, 4) is 12.1 Å². The number of nitrogens with zero attached hydrogens (tertiary/aromatic N) is 3. The Bertz CT molecular complexity index is 1590. The van der Waals surface area contributed by atoms with Crippen molar-refractivity contribution in [2.75, 3.05) is 11.4 Å². The maximum Gasteiger partial charge on any atom is 0.0998 e. The Balaban J connectivity index is 1.59. The molecule has 0 bridgehead atoms. The fourth-order valence-electron chi connectivity index (χ4n) is 4.62. The highest BCUT2D eigenvalue weighted by Gasteiger charge is 2.25. The average Bonchev–Trinajstić information content (AvgIpc) is 2.97. The van der Waals surface area contributed by atoms with Crippen LogP contribution in [-0.2, 0) is 0 Å². The Labute approximate surface area is 229 Å². The van der Waals surface area contributed by atoms with E-state index >= 15 is 0 Å². The van der Waals surface area contributed by atoms with Gasteiger partial charge in [0.1, 0.15) is 0 Å². The lowest BCUT2D eigenvalue weighted by atomic mass is 10.0. The standard InChI is InChI=1S/C34H27N3S/c1-2-3-19-37-31-18-17-25(20-29(23-35)26-11-6-4-7-12-26)21-33(31)38-34-28(15-10-16-32(34)37)22-30(24-36)27-13-8-5-9-14-27/h4-18,20-22H,2-3,19H2,1H3/b29-20+,30-22+. The summed E-state index contributed by atoms with van der Waals surface area (Å²) in [5, 5.41) is 19.8. The molecule has 1 heterocycles. The summed E-state index contributed by atoms with van der Waals surface area (Å²) in [4.78, 5) is 4.68. The van der Waals surface area contributed by atoms with E-state index in [1.807, 2.05) is 72.8 Å². The van der Waals surface area contributed by atoms with E-state index in [0.717, 1.165) is 51.4 Å². The lowest BCUT2D eigenvalue weighted by Gasteiger charge is -2.34. The van der Waals surface area contributed by atoms with Crippen LogP contribution < -0.4 is 4.90 Å². The van der Waals surface area contributed by atoms with Crippen LogP contribution in [0.3, 0.4) is 0 Å². The predicted molar refractivity (Wildman–Crippen MR) is 159 cm³/mol. The second-order valence-corrected chi connectivity index (χ2v) is 10.2. The summed E-state index contributed by atoms with van der Waals surface area (Å²) in [6.07, 6.45) is 6.13. The molecule has 184 valence electrons.